The summed E-state index contributed by atoms with van der Waals surface area (Å²) in [7, 11) is 0. The third kappa shape index (κ3) is 3.19. The van der Waals surface area contributed by atoms with Crippen molar-refractivity contribution in [2.75, 3.05) is 31.9 Å². The standard InChI is InChI=1S/C16H21FN4O3/c17-11-8-13(15(18)14(9-11)21(23)24)16(22)20-7-3-4-12(10-20)19-5-1-2-6-19/h8-9,12H,1-7,10,18H2/t12-/m0/s1. The number of halogens is 1. The minimum Gasteiger partial charge on any atom is -0.393 e. The maximum Gasteiger partial charge on any atom is 0.295 e. The van der Waals surface area contributed by atoms with Gasteiger partial charge in [-0.15, -0.1) is 0 Å². The Morgan fingerprint density at radius 2 is 1.96 bits per heavy atom. The van der Waals surface area contributed by atoms with Crippen molar-refractivity contribution in [1.29, 1.82) is 0 Å². The van der Waals surface area contributed by atoms with Crippen molar-refractivity contribution in [2.24, 2.45) is 0 Å². The van der Waals surface area contributed by atoms with Crippen LogP contribution in [-0.4, -0.2) is 52.9 Å². The van der Waals surface area contributed by atoms with E-state index >= 15 is 0 Å². The van der Waals surface area contributed by atoms with Gasteiger partial charge in [0, 0.05) is 19.1 Å². The number of benzene rings is 1. The van der Waals surface area contributed by atoms with E-state index in [4.69, 9.17) is 5.73 Å². The first kappa shape index (κ1) is 16.6. The quantitative estimate of drug-likeness (QED) is 0.518. The Balaban J connectivity index is 1.82. The molecular formula is C16H21FN4O3. The highest BCUT2D eigenvalue weighted by molar-refractivity contribution is 6.01. The Labute approximate surface area is 139 Å². The monoisotopic (exact) mass is 336 g/mol. The molecule has 0 aromatic heterocycles. The van der Waals surface area contributed by atoms with Crippen LogP contribution in [-0.2, 0) is 0 Å². The van der Waals surface area contributed by atoms with Gasteiger partial charge >= 0.3 is 0 Å². The van der Waals surface area contributed by atoms with Gasteiger partial charge in [0.1, 0.15) is 11.5 Å². The molecule has 0 aliphatic carbocycles. The molecule has 130 valence electrons. The number of likely N-dealkylation sites (tertiary alicyclic amines) is 2. The number of hydrogen-bond acceptors (Lipinski definition) is 5. The summed E-state index contributed by atoms with van der Waals surface area (Å²) in [5.41, 5.74) is 4.80. The molecule has 1 atom stereocenters. The summed E-state index contributed by atoms with van der Waals surface area (Å²) in [6, 6.07) is 2.04. The second-order valence-corrected chi connectivity index (χ2v) is 6.43. The van der Waals surface area contributed by atoms with Crippen LogP contribution < -0.4 is 5.73 Å². The molecule has 24 heavy (non-hydrogen) atoms. The summed E-state index contributed by atoms with van der Waals surface area (Å²) in [6.07, 6.45) is 4.24. The number of anilines is 1. The molecular weight excluding hydrogens is 315 g/mol. The largest absolute Gasteiger partial charge is 0.393 e. The predicted molar refractivity (Wildman–Crippen MR) is 87.2 cm³/mol. The first-order valence-corrected chi connectivity index (χ1v) is 8.24. The van der Waals surface area contributed by atoms with Crippen molar-refractivity contribution < 1.29 is 14.1 Å². The van der Waals surface area contributed by atoms with Crippen molar-refractivity contribution in [3.63, 3.8) is 0 Å². The molecule has 8 heteroatoms. The lowest BCUT2D eigenvalue weighted by atomic mass is 10.0. The molecule has 2 aliphatic rings. The van der Waals surface area contributed by atoms with E-state index in [2.05, 4.69) is 4.90 Å². The lowest BCUT2D eigenvalue weighted by Gasteiger charge is -2.37. The third-order valence-electron chi connectivity index (χ3n) is 4.89. The van der Waals surface area contributed by atoms with Crippen LogP contribution in [0.15, 0.2) is 12.1 Å². The molecule has 0 radical (unpaired) electrons. The minimum atomic E-state index is -0.827. The van der Waals surface area contributed by atoms with Gasteiger partial charge < -0.3 is 10.6 Å². The maximum atomic E-state index is 13.7. The fourth-order valence-corrected chi connectivity index (χ4v) is 3.65. The number of rotatable bonds is 3. The van der Waals surface area contributed by atoms with Crippen LogP contribution in [0, 0.1) is 15.9 Å². The highest BCUT2D eigenvalue weighted by atomic mass is 19.1. The molecule has 3 rings (SSSR count). The first-order valence-electron chi connectivity index (χ1n) is 8.24. The number of amides is 1. The number of hydrogen-bond donors (Lipinski definition) is 1. The van der Waals surface area contributed by atoms with Gasteiger partial charge in [-0.05, 0) is 44.8 Å². The van der Waals surface area contributed by atoms with E-state index in [9.17, 15) is 19.3 Å². The van der Waals surface area contributed by atoms with Crippen LogP contribution in [0.2, 0.25) is 0 Å². The number of nitro groups is 1. The number of piperidine rings is 1. The van der Waals surface area contributed by atoms with Crippen LogP contribution >= 0.6 is 0 Å². The van der Waals surface area contributed by atoms with Gasteiger partial charge in [0.05, 0.1) is 16.6 Å². The second-order valence-electron chi connectivity index (χ2n) is 6.43. The van der Waals surface area contributed by atoms with Gasteiger partial charge in [-0.1, -0.05) is 0 Å². The Morgan fingerprint density at radius 3 is 2.62 bits per heavy atom. The molecule has 0 unspecified atom stereocenters. The lowest BCUT2D eigenvalue weighted by Crippen LogP contribution is -2.49. The molecule has 7 nitrogen and oxygen atoms in total. The van der Waals surface area contributed by atoms with Gasteiger partial charge in [0.15, 0.2) is 0 Å². The van der Waals surface area contributed by atoms with Gasteiger partial charge in [0.25, 0.3) is 11.6 Å². The van der Waals surface area contributed by atoms with E-state index in [0.29, 0.717) is 19.1 Å². The average Bonchev–Trinajstić information content (AvgIpc) is 3.10. The highest BCUT2D eigenvalue weighted by Gasteiger charge is 2.31. The molecule has 0 saturated carbocycles. The number of carbonyl (C=O) groups is 1. The molecule has 1 aromatic rings. The van der Waals surface area contributed by atoms with E-state index in [1.807, 2.05) is 0 Å². The van der Waals surface area contributed by atoms with Gasteiger partial charge in [-0.2, -0.15) is 0 Å². The van der Waals surface area contributed by atoms with Crippen LogP contribution in [0.25, 0.3) is 0 Å². The zero-order valence-corrected chi connectivity index (χ0v) is 13.4. The normalized spacial score (nSPS) is 21.9. The highest BCUT2D eigenvalue weighted by Crippen LogP contribution is 2.29. The molecule has 1 amide bonds. The van der Waals surface area contributed by atoms with Crippen molar-refractivity contribution in [2.45, 2.75) is 31.7 Å². The molecule has 2 heterocycles. The van der Waals surface area contributed by atoms with Crippen molar-refractivity contribution in [3.05, 3.63) is 33.6 Å². The van der Waals surface area contributed by atoms with E-state index in [1.165, 1.54) is 12.8 Å². The summed E-state index contributed by atoms with van der Waals surface area (Å²) in [4.78, 5) is 27.0. The number of nitrogens with zero attached hydrogens (tertiary/aromatic N) is 3. The third-order valence-corrected chi connectivity index (χ3v) is 4.89. The molecule has 1 aromatic carbocycles. The topological polar surface area (TPSA) is 92.7 Å². The zero-order chi connectivity index (χ0) is 17.3. The summed E-state index contributed by atoms with van der Waals surface area (Å²) in [5.74, 6) is -1.26. The first-order chi connectivity index (χ1) is 11.5. The Bertz CT molecular complexity index is 661. The van der Waals surface area contributed by atoms with Crippen molar-refractivity contribution in [3.8, 4) is 0 Å². The fourth-order valence-electron chi connectivity index (χ4n) is 3.65. The fraction of sp³-hybridized carbons (Fsp3) is 0.562. The average molecular weight is 336 g/mol. The number of carbonyl (C=O) groups excluding carboxylic acids is 1. The summed E-state index contributed by atoms with van der Waals surface area (Å²) >= 11 is 0. The summed E-state index contributed by atoms with van der Waals surface area (Å²) in [5, 5.41) is 11.0. The van der Waals surface area contributed by atoms with Crippen LogP contribution in [0.5, 0.6) is 0 Å². The molecule has 2 saturated heterocycles. The molecule has 0 bridgehead atoms. The number of nitro benzene ring substituents is 1. The van der Waals surface area contributed by atoms with Gasteiger partial charge in [-0.25, -0.2) is 4.39 Å². The van der Waals surface area contributed by atoms with Gasteiger partial charge in [0.2, 0.25) is 0 Å². The number of nitrogen functional groups attached to an aromatic ring is 1. The van der Waals surface area contributed by atoms with E-state index in [0.717, 1.165) is 38.1 Å². The second kappa shape index (κ2) is 6.72. The summed E-state index contributed by atoms with van der Waals surface area (Å²) in [6.45, 7) is 3.20. The zero-order valence-electron chi connectivity index (χ0n) is 13.4. The lowest BCUT2D eigenvalue weighted by molar-refractivity contribution is -0.384. The van der Waals surface area contributed by atoms with Crippen molar-refractivity contribution in [1.82, 2.24) is 9.80 Å². The summed E-state index contributed by atoms with van der Waals surface area (Å²) < 4.78 is 13.7. The van der Waals surface area contributed by atoms with Gasteiger partial charge in [-0.3, -0.25) is 19.8 Å². The molecule has 2 N–H and O–H groups in total. The van der Waals surface area contributed by atoms with E-state index in [1.54, 1.807) is 4.90 Å². The Kier molecular flexibility index (Phi) is 4.66. The number of nitrogens with two attached hydrogens (primary N) is 1. The van der Waals surface area contributed by atoms with Crippen LogP contribution in [0.4, 0.5) is 15.8 Å². The Hall–Kier alpha value is -2.22. The van der Waals surface area contributed by atoms with Crippen LogP contribution in [0.1, 0.15) is 36.0 Å². The molecule has 2 fully saturated rings. The van der Waals surface area contributed by atoms with E-state index in [-0.39, 0.29) is 11.3 Å². The van der Waals surface area contributed by atoms with Crippen molar-refractivity contribution >= 4 is 17.3 Å². The van der Waals surface area contributed by atoms with Crippen LogP contribution in [0.3, 0.4) is 0 Å². The molecule has 0 spiro atoms. The predicted octanol–water partition coefficient (Wildman–Crippen LogP) is 2.02. The Morgan fingerprint density at radius 1 is 1.25 bits per heavy atom. The van der Waals surface area contributed by atoms with E-state index < -0.39 is 22.3 Å². The minimum absolute atomic E-state index is 0.122. The maximum absolute atomic E-state index is 13.7. The smallest absolute Gasteiger partial charge is 0.295 e. The molecule has 2 aliphatic heterocycles. The SMILES string of the molecule is Nc1c(C(=O)N2CCC[C@H](N3CCCC3)C2)cc(F)cc1[N+](=O)[O-].